The Kier molecular flexibility index (Phi) is 5.26. The second-order valence-electron chi connectivity index (χ2n) is 2.80. The number of rotatable bonds is 4. The maximum atomic E-state index is 3.85. The van der Waals surface area contributed by atoms with E-state index < -0.39 is 0 Å². The molecule has 0 bridgehead atoms. The van der Waals surface area contributed by atoms with Gasteiger partial charge in [-0.1, -0.05) is 32.6 Å². The fourth-order valence-electron chi connectivity index (χ4n) is 0.562. The molecule has 0 aromatic carbocycles. The van der Waals surface area contributed by atoms with Gasteiger partial charge in [-0.3, -0.25) is 0 Å². The smallest absolute Gasteiger partial charge is 0.00277 e. The first-order valence-corrected chi connectivity index (χ1v) is 3.87. The van der Waals surface area contributed by atoms with Gasteiger partial charge in [0.2, 0.25) is 0 Å². The van der Waals surface area contributed by atoms with Crippen molar-refractivity contribution in [2.24, 2.45) is 5.92 Å². The van der Waals surface area contributed by atoms with E-state index in [9.17, 15) is 0 Å². The summed E-state index contributed by atoms with van der Waals surface area (Å²) in [6.45, 7) is 8.14. The first-order valence-electron chi connectivity index (χ1n) is 3.87. The zero-order valence-electron chi connectivity index (χ0n) is 7.59. The molecule has 0 spiro atoms. The van der Waals surface area contributed by atoms with E-state index in [1.54, 1.807) is 0 Å². The lowest BCUT2D eigenvalue weighted by Crippen LogP contribution is -1.90. The molecule has 0 aromatic rings. The van der Waals surface area contributed by atoms with Crippen LogP contribution in [0.4, 0.5) is 0 Å². The maximum Gasteiger partial charge on any atom is 0.00277 e. The highest BCUT2D eigenvalue weighted by atomic mass is 14.8. The Hall–Kier alpha value is -0.980. The Labute approximate surface area is 69.5 Å². The van der Waals surface area contributed by atoms with E-state index in [-0.39, 0.29) is 0 Å². The van der Waals surface area contributed by atoms with Gasteiger partial charge in [0, 0.05) is 7.05 Å². The molecular formula is C10H17N. The third kappa shape index (κ3) is 6.91. The largest absolute Gasteiger partial charge is 0.394 e. The second kappa shape index (κ2) is 5.78. The molecule has 0 amide bonds. The first-order chi connectivity index (χ1) is 5.16. The minimum absolute atomic E-state index is 0.592. The van der Waals surface area contributed by atoms with E-state index in [4.69, 9.17) is 0 Å². The predicted molar refractivity (Wildman–Crippen MR) is 51.3 cm³/mol. The molecule has 0 saturated heterocycles. The quantitative estimate of drug-likeness (QED) is 0.609. The third-order valence-corrected chi connectivity index (χ3v) is 1.16. The summed E-state index contributed by atoms with van der Waals surface area (Å²) in [6.07, 6.45) is 7.96. The monoisotopic (exact) mass is 151 g/mol. The van der Waals surface area contributed by atoms with Gasteiger partial charge in [-0.25, -0.2) is 0 Å². The molecule has 11 heavy (non-hydrogen) atoms. The average Bonchev–Trinajstić information content (AvgIpc) is 1.97. The van der Waals surface area contributed by atoms with Crippen LogP contribution in [0.5, 0.6) is 0 Å². The Bertz CT molecular complexity index is 164. The fraction of sp³-hybridized carbons (Fsp3) is 0.400. The minimum atomic E-state index is 0.592. The highest BCUT2D eigenvalue weighted by molar-refractivity contribution is 5.26. The maximum absolute atomic E-state index is 3.85. The second-order valence-corrected chi connectivity index (χ2v) is 2.80. The van der Waals surface area contributed by atoms with Crippen LogP contribution >= 0.6 is 0 Å². The van der Waals surface area contributed by atoms with Gasteiger partial charge in [0.1, 0.15) is 0 Å². The molecule has 62 valence electrons. The van der Waals surface area contributed by atoms with Crippen molar-refractivity contribution in [3.05, 3.63) is 36.6 Å². The SMILES string of the molecule is C=C(/C=C\NC)/C=C\C(C)C. The molecule has 0 aliphatic carbocycles. The van der Waals surface area contributed by atoms with Gasteiger partial charge in [0.15, 0.2) is 0 Å². The van der Waals surface area contributed by atoms with Crippen LogP contribution in [0, 0.1) is 5.92 Å². The number of allylic oxidation sites excluding steroid dienone is 4. The summed E-state index contributed by atoms with van der Waals surface area (Å²) in [6, 6.07) is 0. The Morgan fingerprint density at radius 3 is 2.45 bits per heavy atom. The van der Waals surface area contributed by atoms with E-state index in [1.165, 1.54) is 0 Å². The van der Waals surface area contributed by atoms with E-state index in [2.05, 4.69) is 31.8 Å². The van der Waals surface area contributed by atoms with E-state index in [1.807, 2.05) is 25.4 Å². The van der Waals surface area contributed by atoms with Gasteiger partial charge < -0.3 is 5.32 Å². The van der Waals surface area contributed by atoms with Crippen molar-refractivity contribution < 1.29 is 0 Å². The zero-order chi connectivity index (χ0) is 8.69. The summed E-state index contributed by atoms with van der Waals surface area (Å²) < 4.78 is 0. The van der Waals surface area contributed by atoms with E-state index in [0.717, 1.165) is 5.57 Å². The standard InChI is InChI=1S/C10H17N/c1-9(2)5-6-10(3)7-8-11-4/h5-9,11H,3H2,1-2,4H3/b6-5-,8-7-. The van der Waals surface area contributed by atoms with Crippen molar-refractivity contribution >= 4 is 0 Å². The summed E-state index contributed by atoms with van der Waals surface area (Å²) in [7, 11) is 1.87. The molecule has 0 aromatic heterocycles. The molecule has 0 rings (SSSR count). The molecule has 0 atom stereocenters. The van der Waals surface area contributed by atoms with Crippen molar-refractivity contribution in [1.29, 1.82) is 0 Å². The van der Waals surface area contributed by atoms with Crippen molar-refractivity contribution in [3.8, 4) is 0 Å². The van der Waals surface area contributed by atoms with Gasteiger partial charge >= 0.3 is 0 Å². The molecule has 0 saturated carbocycles. The van der Waals surface area contributed by atoms with Crippen molar-refractivity contribution in [1.82, 2.24) is 5.32 Å². The molecule has 0 unspecified atom stereocenters. The summed E-state index contributed by atoms with van der Waals surface area (Å²) in [5.41, 5.74) is 1.02. The lowest BCUT2D eigenvalue weighted by molar-refractivity contribution is 0.831. The van der Waals surface area contributed by atoms with Crippen LogP contribution < -0.4 is 5.32 Å². The molecule has 0 radical (unpaired) electrons. The van der Waals surface area contributed by atoms with Gasteiger partial charge in [-0.2, -0.15) is 0 Å². The van der Waals surface area contributed by atoms with E-state index in [0.29, 0.717) is 5.92 Å². The first kappa shape index (κ1) is 10.0. The van der Waals surface area contributed by atoms with Crippen molar-refractivity contribution in [2.75, 3.05) is 7.05 Å². The molecule has 0 fully saturated rings. The minimum Gasteiger partial charge on any atom is -0.394 e. The normalized spacial score (nSPS) is 11.6. The van der Waals surface area contributed by atoms with Crippen molar-refractivity contribution in [2.45, 2.75) is 13.8 Å². The Morgan fingerprint density at radius 2 is 2.00 bits per heavy atom. The number of hydrogen-bond acceptors (Lipinski definition) is 1. The third-order valence-electron chi connectivity index (χ3n) is 1.16. The zero-order valence-corrected chi connectivity index (χ0v) is 7.59. The Balaban J connectivity index is 3.78. The Morgan fingerprint density at radius 1 is 1.36 bits per heavy atom. The highest BCUT2D eigenvalue weighted by Crippen LogP contribution is 1.99. The van der Waals surface area contributed by atoms with Crippen LogP contribution in [-0.4, -0.2) is 7.05 Å². The summed E-state index contributed by atoms with van der Waals surface area (Å²) in [5.74, 6) is 0.592. The van der Waals surface area contributed by atoms with Crippen LogP contribution in [0.3, 0.4) is 0 Å². The molecule has 0 aliphatic rings. The van der Waals surface area contributed by atoms with E-state index >= 15 is 0 Å². The van der Waals surface area contributed by atoms with Gasteiger partial charge in [-0.05, 0) is 23.8 Å². The molecule has 1 N–H and O–H groups in total. The van der Waals surface area contributed by atoms with Crippen LogP contribution in [0.1, 0.15) is 13.8 Å². The summed E-state index contributed by atoms with van der Waals surface area (Å²) in [5, 5.41) is 2.91. The van der Waals surface area contributed by atoms with Crippen LogP contribution in [0.25, 0.3) is 0 Å². The van der Waals surface area contributed by atoms with Crippen LogP contribution in [0.2, 0.25) is 0 Å². The lowest BCUT2D eigenvalue weighted by Gasteiger charge is -1.93. The summed E-state index contributed by atoms with van der Waals surface area (Å²) in [4.78, 5) is 0. The lowest BCUT2D eigenvalue weighted by atomic mass is 10.1. The number of hydrogen-bond donors (Lipinski definition) is 1. The van der Waals surface area contributed by atoms with Gasteiger partial charge in [0.25, 0.3) is 0 Å². The molecule has 1 nitrogen and oxygen atoms in total. The molecule has 0 aliphatic heterocycles. The molecule has 0 heterocycles. The average molecular weight is 151 g/mol. The molecular weight excluding hydrogens is 134 g/mol. The predicted octanol–water partition coefficient (Wildman–Crippen LogP) is 2.49. The number of nitrogens with one attached hydrogen (secondary N) is 1. The van der Waals surface area contributed by atoms with Crippen LogP contribution in [0.15, 0.2) is 36.6 Å². The highest BCUT2D eigenvalue weighted by Gasteiger charge is 1.83. The van der Waals surface area contributed by atoms with Crippen LogP contribution in [-0.2, 0) is 0 Å². The van der Waals surface area contributed by atoms with Gasteiger partial charge in [-0.15, -0.1) is 0 Å². The van der Waals surface area contributed by atoms with Crippen molar-refractivity contribution in [3.63, 3.8) is 0 Å². The fourth-order valence-corrected chi connectivity index (χ4v) is 0.562. The summed E-state index contributed by atoms with van der Waals surface area (Å²) >= 11 is 0. The molecule has 1 heteroatoms. The topological polar surface area (TPSA) is 12.0 Å². The van der Waals surface area contributed by atoms with Gasteiger partial charge in [0.05, 0.1) is 0 Å².